The summed E-state index contributed by atoms with van der Waals surface area (Å²) in [5, 5.41) is 33.0. The summed E-state index contributed by atoms with van der Waals surface area (Å²) in [5.41, 5.74) is 0.0895. The Balaban J connectivity index is 2.08. The number of hydrogen-bond donors (Lipinski definition) is 4. The molecule has 3 aliphatic rings. The van der Waals surface area contributed by atoms with E-state index in [0.29, 0.717) is 12.3 Å². The first-order valence-electron chi connectivity index (χ1n) is 11.7. The number of rotatable bonds is 6. The molecule has 0 bridgehead atoms. The van der Waals surface area contributed by atoms with Crippen LogP contribution in [0.3, 0.4) is 0 Å². The molecule has 0 spiro atoms. The van der Waals surface area contributed by atoms with Gasteiger partial charge in [-0.25, -0.2) is 0 Å². The van der Waals surface area contributed by atoms with E-state index in [1.165, 1.54) is 0 Å². The van der Waals surface area contributed by atoms with Gasteiger partial charge in [-0.15, -0.1) is 0 Å². The molecule has 1 amide bonds. The lowest BCUT2D eigenvalue weighted by molar-refractivity contribution is -0.118. The standard InChI is InChI=1S/C26H37NO5/c1-15-10-11-20-18(12-15)13-16(2)19(9-7-5-6-8-17(3)29)26(20,4)24(31)22-23(30)21(14-28)27-25(22)32/h5-7,9,13,15,17-21,28-29,31H,8,10-12,14H2,1-4H3,(H,27,32). The second-order valence-corrected chi connectivity index (χ2v) is 10.1. The lowest BCUT2D eigenvalue weighted by Gasteiger charge is -2.52. The number of aliphatic hydroxyl groups excluding tert-OH is 3. The van der Waals surface area contributed by atoms with E-state index in [1.54, 1.807) is 6.92 Å². The molecular weight excluding hydrogens is 406 g/mol. The Morgan fingerprint density at radius 1 is 1.31 bits per heavy atom. The van der Waals surface area contributed by atoms with E-state index in [4.69, 9.17) is 0 Å². The zero-order chi connectivity index (χ0) is 23.6. The number of fused-ring (bicyclic) bond motifs is 1. The van der Waals surface area contributed by atoms with Crippen molar-refractivity contribution in [3.05, 3.63) is 47.3 Å². The van der Waals surface area contributed by atoms with Crippen LogP contribution < -0.4 is 5.32 Å². The zero-order valence-electron chi connectivity index (χ0n) is 19.5. The normalized spacial score (nSPS) is 38.1. The van der Waals surface area contributed by atoms with E-state index < -0.39 is 35.9 Å². The molecule has 2 fully saturated rings. The second-order valence-electron chi connectivity index (χ2n) is 10.1. The topological polar surface area (TPSA) is 107 Å². The third kappa shape index (κ3) is 4.48. The summed E-state index contributed by atoms with van der Waals surface area (Å²) in [6.07, 6.45) is 13.1. The average Bonchev–Trinajstić information content (AvgIpc) is 3.01. The molecule has 176 valence electrons. The first kappa shape index (κ1) is 24.5. The highest BCUT2D eigenvalue weighted by molar-refractivity contribution is 6.27. The molecular formula is C26H37NO5. The van der Waals surface area contributed by atoms with Crippen molar-refractivity contribution < 1.29 is 24.9 Å². The van der Waals surface area contributed by atoms with Crippen LogP contribution in [0, 0.1) is 29.1 Å². The Morgan fingerprint density at radius 3 is 2.66 bits per heavy atom. The van der Waals surface area contributed by atoms with Crippen LogP contribution in [-0.2, 0) is 9.59 Å². The fraction of sp³-hybridized carbons (Fsp3) is 0.615. The highest BCUT2D eigenvalue weighted by atomic mass is 16.3. The monoisotopic (exact) mass is 443 g/mol. The van der Waals surface area contributed by atoms with Gasteiger partial charge in [0.2, 0.25) is 0 Å². The van der Waals surface area contributed by atoms with Gasteiger partial charge in [0.05, 0.1) is 12.7 Å². The smallest absolute Gasteiger partial charge is 0.259 e. The number of Topliss-reactive ketones (excluding diaryl/α,β-unsaturated/α-hetero) is 1. The number of nitrogens with one attached hydrogen (secondary N) is 1. The van der Waals surface area contributed by atoms with E-state index in [9.17, 15) is 24.9 Å². The highest BCUT2D eigenvalue weighted by Gasteiger charge is 2.54. The summed E-state index contributed by atoms with van der Waals surface area (Å²) >= 11 is 0. The van der Waals surface area contributed by atoms with Crippen molar-refractivity contribution in [2.45, 2.75) is 65.5 Å². The summed E-state index contributed by atoms with van der Waals surface area (Å²) < 4.78 is 0. The van der Waals surface area contributed by atoms with Crippen LogP contribution in [0.15, 0.2) is 47.3 Å². The number of aliphatic hydroxyl groups is 3. The lowest BCUT2D eigenvalue weighted by atomic mass is 9.52. The van der Waals surface area contributed by atoms with Gasteiger partial charge < -0.3 is 20.6 Å². The molecule has 0 radical (unpaired) electrons. The van der Waals surface area contributed by atoms with Crippen molar-refractivity contribution in [2.24, 2.45) is 29.1 Å². The molecule has 0 aromatic carbocycles. The first-order valence-corrected chi connectivity index (χ1v) is 11.7. The molecule has 1 saturated carbocycles. The van der Waals surface area contributed by atoms with Gasteiger partial charge in [0, 0.05) is 11.3 Å². The number of hydrogen-bond acceptors (Lipinski definition) is 5. The van der Waals surface area contributed by atoms with Gasteiger partial charge in [-0.05, 0) is 50.9 Å². The molecule has 1 aliphatic heterocycles. The van der Waals surface area contributed by atoms with E-state index in [2.05, 4.69) is 18.3 Å². The molecule has 1 heterocycles. The minimum absolute atomic E-state index is 0.0970. The van der Waals surface area contributed by atoms with Gasteiger partial charge in [0.15, 0.2) is 5.78 Å². The van der Waals surface area contributed by atoms with Gasteiger partial charge >= 0.3 is 0 Å². The van der Waals surface area contributed by atoms with Crippen LogP contribution in [0.1, 0.15) is 53.4 Å². The molecule has 4 N–H and O–H groups in total. The third-order valence-electron chi connectivity index (χ3n) is 7.60. The molecule has 0 aromatic rings. The van der Waals surface area contributed by atoms with Crippen molar-refractivity contribution >= 4 is 11.7 Å². The summed E-state index contributed by atoms with van der Waals surface area (Å²) in [6, 6.07) is -0.997. The van der Waals surface area contributed by atoms with Crippen molar-refractivity contribution in [1.29, 1.82) is 0 Å². The van der Waals surface area contributed by atoms with Crippen LogP contribution in [0.4, 0.5) is 0 Å². The average molecular weight is 444 g/mol. The zero-order valence-corrected chi connectivity index (χ0v) is 19.5. The number of amides is 1. The van der Waals surface area contributed by atoms with Gasteiger partial charge in [-0.2, -0.15) is 0 Å². The Labute approximate surface area is 190 Å². The predicted molar refractivity (Wildman–Crippen MR) is 124 cm³/mol. The fourth-order valence-electron chi connectivity index (χ4n) is 5.91. The fourth-order valence-corrected chi connectivity index (χ4v) is 5.91. The van der Waals surface area contributed by atoms with E-state index >= 15 is 0 Å². The van der Waals surface area contributed by atoms with Crippen molar-refractivity contribution in [3.63, 3.8) is 0 Å². The Bertz CT molecular complexity index is 867. The summed E-state index contributed by atoms with van der Waals surface area (Å²) in [6.45, 7) is 7.51. The molecule has 0 aromatic heterocycles. The summed E-state index contributed by atoms with van der Waals surface area (Å²) in [5.74, 6) is -0.533. The molecule has 7 unspecified atom stereocenters. The number of ketones is 1. The van der Waals surface area contributed by atoms with E-state index in [-0.39, 0.29) is 29.1 Å². The molecule has 6 nitrogen and oxygen atoms in total. The summed E-state index contributed by atoms with van der Waals surface area (Å²) in [7, 11) is 0. The quantitative estimate of drug-likeness (QED) is 0.166. The van der Waals surface area contributed by atoms with Crippen molar-refractivity contribution in [1.82, 2.24) is 5.32 Å². The molecule has 1 saturated heterocycles. The Hall–Kier alpha value is -2.18. The SMILES string of the molecule is CC1=CC2CC(C)CCC2C(C)(C(O)=C2C(=O)NC(CO)C2=O)C1C=CC=CCC(C)O. The van der Waals surface area contributed by atoms with Gasteiger partial charge in [0.1, 0.15) is 17.4 Å². The minimum Gasteiger partial charge on any atom is -0.511 e. The molecule has 3 rings (SSSR count). The van der Waals surface area contributed by atoms with Crippen molar-refractivity contribution in [2.75, 3.05) is 6.61 Å². The van der Waals surface area contributed by atoms with E-state index in [0.717, 1.165) is 24.8 Å². The first-order chi connectivity index (χ1) is 15.1. The third-order valence-corrected chi connectivity index (χ3v) is 7.60. The number of allylic oxidation sites excluding steroid dienone is 6. The maximum absolute atomic E-state index is 12.8. The minimum atomic E-state index is -0.997. The molecule has 32 heavy (non-hydrogen) atoms. The highest BCUT2D eigenvalue weighted by Crippen LogP contribution is 2.57. The Morgan fingerprint density at radius 2 is 2.03 bits per heavy atom. The van der Waals surface area contributed by atoms with Crippen LogP contribution in [0.25, 0.3) is 0 Å². The van der Waals surface area contributed by atoms with Gasteiger partial charge in [-0.1, -0.05) is 56.2 Å². The van der Waals surface area contributed by atoms with Gasteiger partial charge in [-0.3, -0.25) is 9.59 Å². The summed E-state index contributed by atoms with van der Waals surface area (Å²) in [4.78, 5) is 25.4. The molecule has 6 heteroatoms. The van der Waals surface area contributed by atoms with E-state index in [1.807, 2.05) is 38.2 Å². The van der Waals surface area contributed by atoms with Gasteiger partial charge in [0.25, 0.3) is 5.91 Å². The molecule has 2 aliphatic carbocycles. The van der Waals surface area contributed by atoms with Crippen LogP contribution in [0.2, 0.25) is 0 Å². The maximum atomic E-state index is 12.8. The van der Waals surface area contributed by atoms with Crippen LogP contribution >= 0.6 is 0 Å². The van der Waals surface area contributed by atoms with Crippen LogP contribution in [-0.4, -0.2) is 45.8 Å². The Kier molecular flexibility index (Phi) is 7.46. The predicted octanol–water partition coefficient (Wildman–Crippen LogP) is 3.38. The largest absolute Gasteiger partial charge is 0.511 e. The number of carbonyl (C=O) groups excluding carboxylic acids is 2. The lowest BCUT2D eigenvalue weighted by Crippen LogP contribution is -2.46. The molecule has 7 atom stereocenters. The maximum Gasteiger partial charge on any atom is 0.259 e. The number of carbonyl (C=O) groups is 2. The van der Waals surface area contributed by atoms with Crippen LogP contribution in [0.5, 0.6) is 0 Å². The second kappa shape index (κ2) is 9.75. The van der Waals surface area contributed by atoms with Crippen molar-refractivity contribution in [3.8, 4) is 0 Å².